The highest BCUT2D eigenvalue weighted by Crippen LogP contribution is 2.04. The molecule has 0 aliphatic carbocycles. The van der Waals surface area contributed by atoms with Crippen LogP contribution in [0.2, 0.25) is 0 Å². The lowest BCUT2D eigenvalue weighted by atomic mass is 10.2. The summed E-state index contributed by atoms with van der Waals surface area (Å²) >= 11 is 0. The monoisotopic (exact) mass is 222 g/mol. The molecule has 16 heavy (non-hydrogen) atoms. The lowest BCUT2D eigenvalue weighted by Gasteiger charge is -2.07. The fraction of sp³-hybridized carbons (Fsp3) is 0.545. The van der Waals surface area contributed by atoms with Gasteiger partial charge in [-0.15, -0.1) is 0 Å². The molecule has 0 atom stereocenters. The summed E-state index contributed by atoms with van der Waals surface area (Å²) in [5.74, 6) is -0.0894. The Morgan fingerprint density at radius 2 is 2.06 bits per heavy atom. The van der Waals surface area contributed by atoms with Crippen LogP contribution >= 0.6 is 0 Å². The molecule has 0 spiro atoms. The first-order valence-electron chi connectivity index (χ1n) is 5.45. The quantitative estimate of drug-likeness (QED) is 0.709. The largest absolute Gasteiger partial charge is 0.351 e. The van der Waals surface area contributed by atoms with E-state index in [-0.39, 0.29) is 5.91 Å². The van der Waals surface area contributed by atoms with Crippen LogP contribution in [0.1, 0.15) is 28.7 Å². The van der Waals surface area contributed by atoms with Crippen LogP contribution in [0, 0.1) is 13.8 Å². The molecule has 88 valence electrons. The highest BCUT2D eigenvalue weighted by Gasteiger charge is 2.09. The van der Waals surface area contributed by atoms with Gasteiger partial charge in [0, 0.05) is 13.1 Å². The van der Waals surface area contributed by atoms with Crippen molar-refractivity contribution in [3.8, 4) is 0 Å². The predicted octanol–water partition coefficient (Wildman–Crippen LogP) is 0.433. The maximum Gasteiger partial charge on any atom is 0.253 e. The van der Waals surface area contributed by atoms with E-state index in [0.717, 1.165) is 18.8 Å². The van der Waals surface area contributed by atoms with E-state index in [4.69, 9.17) is 0 Å². The van der Waals surface area contributed by atoms with Gasteiger partial charge in [-0.05, 0) is 26.5 Å². The molecular formula is C11H18N4O. The zero-order valence-electron chi connectivity index (χ0n) is 10.0. The van der Waals surface area contributed by atoms with Crippen molar-refractivity contribution in [2.75, 3.05) is 19.6 Å². The van der Waals surface area contributed by atoms with Crippen LogP contribution in [-0.4, -0.2) is 35.7 Å². The summed E-state index contributed by atoms with van der Waals surface area (Å²) in [6.45, 7) is 7.94. The van der Waals surface area contributed by atoms with Crippen LogP contribution < -0.4 is 10.6 Å². The van der Waals surface area contributed by atoms with Gasteiger partial charge in [0.15, 0.2) is 0 Å². The standard InChI is InChI=1S/C11H18N4O/c1-4-12-5-6-13-11(16)10-7-8(2)14-15-9(10)3/h7,12H,4-6H2,1-3H3,(H,13,16). The van der Waals surface area contributed by atoms with E-state index in [1.807, 2.05) is 13.8 Å². The predicted molar refractivity (Wildman–Crippen MR) is 62.4 cm³/mol. The van der Waals surface area contributed by atoms with E-state index in [2.05, 4.69) is 20.8 Å². The number of aryl methyl sites for hydroxylation is 2. The summed E-state index contributed by atoms with van der Waals surface area (Å²) in [7, 11) is 0. The van der Waals surface area contributed by atoms with Crippen molar-refractivity contribution in [1.82, 2.24) is 20.8 Å². The Hall–Kier alpha value is -1.49. The van der Waals surface area contributed by atoms with Crippen molar-refractivity contribution in [3.63, 3.8) is 0 Å². The second kappa shape index (κ2) is 6.17. The summed E-state index contributed by atoms with van der Waals surface area (Å²) in [4.78, 5) is 11.8. The minimum absolute atomic E-state index is 0.0894. The minimum Gasteiger partial charge on any atom is -0.351 e. The minimum atomic E-state index is -0.0894. The van der Waals surface area contributed by atoms with Crippen molar-refractivity contribution in [1.29, 1.82) is 0 Å². The zero-order valence-corrected chi connectivity index (χ0v) is 10.0. The fourth-order valence-corrected chi connectivity index (χ4v) is 1.32. The molecule has 0 aromatic carbocycles. The average Bonchev–Trinajstić information content (AvgIpc) is 2.27. The normalized spacial score (nSPS) is 10.2. The lowest BCUT2D eigenvalue weighted by molar-refractivity contribution is 0.0952. The van der Waals surface area contributed by atoms with Gasteiger partial charge in [0.2, 0.25) is 0 Å². The number of aromatic nitrogens is 2. The SMILES string of the molecule is CCNCCNC(=O)c1cc(C)nnc1C. The van der Waals surface area contributed by atoms with Crippen molar-refractivity contribution in [2.24, 2.45) is 0 Å². The number of carbonyl (C=O) groups is 1. The third-order valence-electron chi connectivity index (χ3n) is 2.18. The van der Waals surface area contributed by atoms with Crippen molar-refractivity contribution < 1.29 is 4.79 Å². The fourth-order valence-electron chi connectivity index (χ4n) is 1.32. The molecule has 0 fully saturated rings. The van der Waals surface area contributed by atoms with E-state index in [9.17, 15) is 4.79 Å². The number of nitrogens with one attached hydrogen (secondary N) is 2. The van der Waals surface area contributed by atoms with Crippen LogP contribution in [0.25, 0.3) is 0 Å². The molecule has 1 aromatic heterocycles. The molecule has 0 bridgehead atoms. The maximum absolute atomic E-state index is 11.8. The highest BCUT2D eigenvalue weighted by molar-refractivity contribution is 5.95. The molecule has 0 unspecified atom stereocenters. The van der Waals surface area contributed by atoms with Crippen LogP contribution in [0.15, 0.2) is 6.07 Å². The third-order valence-corrected chi connectivity index (χ3v) is 2.18. The van der Waals surface area contributed by atoms with E-state index in [1.54, 1.807) is 13.0 Å². The molecule has 5 nitrogen and oxygen atoms in total. The van der Waals surface area contributed by atoms with Gasteiger partial charge < -0.3 is 10.6 Å². The lowest BCUT2D eigenvalue weighted by Crippen LogP contribution is -2.32. The van der Waals surface area contributed by atoms with E-state index < -0.39 is 0 Å². The topological polar surface area (TPSA) is 66.9 Å². The number of amides is 1. The van der Waals surface area contributed by atoms with Gasteiger partial charge >= 0.3 is 0 Å². The first-order chi connectivity index (χ1) is 7.65. The Balaban J connectivity index is 2.55. The van der Waals surface area contributed by atoms with Crippen LogP contribution in [0.5, 0.6) is 0 Å². The Labute approximate surface area is 95.7 Å². The molecule has 0 aliphatic heterocycles. The summed E-state index contributed by atoms with van der Waals surface area (Å²) in [6, 6.07) is 1.75. The zero-order chi connectivity index (χ0) is 12.0. The first-order valence-corrected chi connectivity index (χ1v) is 5.45. The molecule has 0 saturated heterocycles. The molecule has 2 N–H and O–H groups in total. The molecule has 0 aliphatic rings. The number of hydrogen-bond acceptors (Lipinski definition) is 4. The molecule has 0 radical (unpaired) electrons. The molecule has 0 saturated carbocycles. The van der Waals surface area contributed by atoms with Gasteiger partial charge in [-0.3, -0.25) is 4.79 Å². The highest BCUT2D eigenvalue weighted by atomic mass is 16.1. The maximum atomic E-state index is 11.8. The van der Waals surface area contributed by atoms with E-state index in [1.165, 1.54) is 0 Å². The Morgan fingerprint density at radius 1 is 1.31 bits per heavy atom. The average molecular weight is 222 g/mol. The summed E-state index contributed by atoms with van der Waals surface area (Å²) in [5, 5.41) is 13.8. The third kappa shape index (κ3) is 3.58. The summed E-state index contributed by atoms with van der Waals surface area (Å²) in [5.41, 5.74) is 2.01. The molecule has 1 heterocycles. The molecule has 1 amide bonds. The van der Waals surface area contributed by atoms with E-state index >= 15 is 0 Å². The number of rotatable bonds is 5. The molecule has 1 aromatic rings. The molecule has 5 heteroatoms. The van der Waals surface area contributed by atoms with Gasteiger partial charge in [-0.1, -0.05) is 6.92 Å². The van der Waals surface area contributed by atoms with Gasteiger partial charge in [-0.25, -0.2) is 0 Å². The molecular weight excluding hydrogens is 204 g/mol. The van der Waals surface area contributed by atoms with Gasteiger partial charge in [0.05, 0.1) is 17.0 Å². The Kier molecular flexibility index (Phi) is 4.85. The second-order valence-electron chi connectivity index (χ2n) is 3.59. The number of carbonyl (C=O) groups excluding carboxylic acids is 1. The second-order valence-corrected chi connectivity index (χ2v) is 3.59. The van der Waals surface area contributed by atoms with Gasteiger partial charge in [0.1, 0.15) is 0 Å². The van der Waals surface area contributed by atoms with Crippen molar-refractivity contribution in [3.05, 3.63) is 23.0 Å². The van der Waals surface area contributed by atoms with Gasteiger partial charge in [0.25, 0.3) is 5.91 Å². The van der Waals surface area contributed by atoms with Crippen LogP contribution in [-0.2, 0) is 0 Å². The Morgan fingerprint density at radius 3 is 2.75 bits per heavy atom. The number of nitrogens with zero attached hydrogens (tertiary/aromatic N) is 2. The van der Waals surface area contributed by atoms with Crippen molar-refractivity contribution in [2.45, 2.75) is 20.8 Å². The van der Waals surface area contributed by atoms with E-state index in [0.29, 0.717) is 17.8 Å². The molecule has 1 rings (SSSR count). The number of likely N-dealkylation sites (N-methyl/N-ethyl adjacent to an activating group) is 1. The van der Waals surface area contributed by atoms with Gasteiger partial charge in [-0.2, -0.15) is 10.2 Å². The Bertz CT molecular complexity index is 365. The summed E-state index contributed by atoms with van der Waals surface area (Å²) < 4.78 is 0. The summed E-state index contributed by atoms with van der Waals surface area (Å²) in [6.07, 6.45) is 0. The van der Waals surface area contributed by atoms with Crippen molar-refractivity contribution >= 4 is 5.91 Å². The number of hydrogen-bond donors (Lipinski definition) is 2. The van der Waals surface area contributed by atoms with Crippen LogP contribution in [0.3, 0.4) is 0 Å². The van der Waals surface area contributed by atoms with Crippen LogP contribution in [0.4, 0.5) is 0 Å². The first kappa shape index (κ1) is 12.6. The smallest absolute Gasteiger partial charge is 0.253 e.